The van der Waals surface area contributed by atoms with Crippen LogP contribution in [0.1, 0.15) is 42.9 Å². The molecule has 33 heavy (non-hydrogen) atoms. The maximum atomic E-state index is 7.91. The maximum absolute atomic E-state index is 7.91. The number of aryl methyl sites for hydroxylation is 2. The first-order valence-corrected chi connectivity index (χ1v) is 12.3. The molecule has 0 spiro atoms. The van der Waals surface area contributed by atoms with Crippen LogP contribution in [0.5, 0.6) is 0 Å². The monoisotopic (exact) mass is 456 g/mol. The van der Waals surface area contributed by atoms with Crippen LogP contribution in [0.2, 0.25) is 0 Å². The molecule has 6 nitrogen and oxygen atoms in total. The highest BCUT2D eigenvalue weighted by atomic mass is 32.1. The number of aromatic nitrogens is 3. The van der Waals surface area contributed by atoms with Crippen molar-refractivity contribution in [3.05, 3.63) is 53.3 Å². The van der Waals surface area contributed by atoms with Crippen LogP contribution < -0.4 is 10.6 Å². The molecule has 0 amide bonds. The molecule has 168 valence electrons. The fraction of sp³-hybridized carbons (Fsp3) is 0.308. The first-order valence-electron chi connectivity index (χ1n) is 11.5. The average Bonchev–Trinajstić information content (AvgIpc) is 3.20. The van der Waals surface area contributed by atoms with Gasteiger partial charge in [0.2, 0.25) is 0 Å². The predicted molar refractivity (Wildman–Crippen MR) is 139 cm³/mol. The highest BCUT2D eigenvalue weighted by molar-refractivity contribution is 7.23. The molecule has 4 aromatic rings. The molecular weight excluding hydrogens is 428 g/mol. The Morgan fingerprint density at radius 2 is 1.94 bits per heavy atom. The summed E-state index contributed by atoms with van der Waals surface area (Å²) in [7, 11) is 0. The lowest BCUT2D eigenvalue weighted by atomic mass is 10.0. The van der Waals surface area contributed by atoms with Crippen LogP contribution in [-0.2, 0) is 6.42 Å². The van der Waals surface area contributed by atoms with Crippen molar-refractivity contribution in [1.29, 1.82) is 5.41 Å². The number of hydrogen-bond donors (Lipinski definition) is 2. The molecule has 1 aliphatic rings. The molecule has 1 aromatic carbocycles. The number of benzene rings is 1. The molecule has 7 heteroatoms. The molecule has 0 saturated carbocycles. The van der Waals surface area contributed by atoms with Crippen LogP contribution in [0, 0.1) is 12.3 Å². The second kappa shape index (κ2) is 8.90. The summed E-state index contributed by atoms with van der Waals surface area (Å²) in [4.78, 5) is 18.2. The standard InChI is InChI=1S/C26H28N6S/c1-3-17-10-11-29-15-20(17)23-16(2)22-24(33-23)26(32-12-5-4-6-13-32)31-25(30-22)18-8-7-9-21(28)19(18)14-27/h7-11,14-15,27H,3-6,12-13,28H2,1-2H3. The van der Waals surface area contributed by atoms with Crippen LogP contribution in [0.15, 0.2) is 36.7 Å². The molecule has 0 atom stereocenters. The third-order valence-electron chi connectivity index (χ3n) is 6.47. The van der Waals surface area contributed by atoms with Crippen molar-refractivity contribution in [2.24, 2.45) is 0 Å². The molecule has 0 unspecified atom stereocenters. The van der Waals surface area contributed by atoms with Gasteiger partial charge in [0.05, 0.1) is 10.2 Å². The molecule has 1 fully saturated rings. The SMILES string of the molecule is CCc1ccncc1-c1sc2c(N3CCCCC3)nc(-c3cccc(N)c3C=N)nc2c1C. The molecule has 4 heterocycles. The summed E-state index contributed by atoms with van der Waals surface area (Å²) in [6.45, 7) is 6.32. The van der Waals surface area contributed by atoms with Crippen molar-refractivity contribution in [2.75, 3.05) is 23.7 Å². The highest BCUT2D eigenvalue weighted by Crippen LogP contribution is 2.43. The number of piperidine rings is 1. The summed E-state index contributed by atoms with van der Waals surface area (Å²) in [5.74, 6) is 1.62. The average molecular weight is 457 g/mol. The minimum absolute atomic E-state index is 0.566. The first-order chi connectivity index (χ1) is 16.1. The molecule has 0 aliphatic carbocycles. The van der Waals surface area contributed by atoms with Crippen molar-refractivity contribution in [3.8, 4) is 21.8 Å². The van der Waals surface area contributed by atoms with E-state index in [0.717, 1.165) is 46.7 Å². The van der Waals surface area contributed by atoms with E-state index in [-0.39, 0.29) is 0 Å². The zero-order chi connectivity index (χ0) is 22.9. The van der Waals surface area contributed by atoms with Gasteiger partial charge in [0.15, 0.2) is 11.6 Å². The Kier molecular flexibility index (Phi) is 5.81. The minimum atomic E-state index is 0.566. The topological polar surface area (TPSA) is 91.8 Å². The van der Waals surface area contributed by atoms with Crippen LogP contribution in [0.25, 0.3) is 32.0 Å². The Morgan fingerprint density at radius 3 is 2.70 bits per heavy atom. The molecule has 3 aromatic heterocycles. The van der Waals surface area contributed by atoms with Gasteiger partial charge >= 0.3 is 0 Å². The molecule has 1 aliphatic heterocycles. The summed E-state index contributed by atoms with van der Waals surface area (Å²) in [5, 5.41) is 7.91. The van der Waals surface area contributed by atoms with E-state index < -0.39 is 0 Å². The van der Waals surface area contributed by atoms with E-state index in [1.54, 1.807) is 11.3 Å². The number of pyridine rings is 1. The van der Waals surface area contributed by atoms with Crippen molar-refractivity contribution in [1.82, 2.24) is 15.0 Å². The molecule has 1 saturated heterocycles. The lowest BCUT2D eigenvalue weighted by Gasteiger charge is -2.28. The quantitative estimate of drug-likeness (QED) is 0.290. The molecule has 5 rings (SSSR count). The van der Waals surface area contributed by atoms with Crippen molar-refractivity contribution in [2.45, 2.75) is 39.5 Å². The number of nitrogens with two attached hydrogens (primary N) is 1. The van der Waals surface area contributed by atoms with Gasteiger partial charge in [0.1, 0.15) is 0 Å². The number of fused-ring (bicyclic) bond motifs is 1. The summed E-state index contributed by atoms with van der Waals surface area (Å²) >= 11 is 1.77. The van der Waals surface area contributed by atoms with Crippen molar-refractivity contribution in [3.63, 3.8) is 0 Å². The van der Waals surface area contributed by atoms with Gasteiger partial charge in [-0.3, -0.25) is 4.98 Å². The normalized spacial score (nSPS) is 14.1. The van der Waals surface area contributed by atoms with Gasteiger partial charge in [-0.05, 0) is 55.9 Å². The lowest BCUT2D eigenvalue weighted by molar-refractivity contribution is 0.575. The van der Waals surface area contributed by atoms with E-state index in [1.807, 2.05) is 30.6 Å². The Labute approximate surface area is 198 Å². The van der Waals surface area contributed by atoms with Gasteiger partial charge in [-0.1, -0.05) is 19.1 Å². The van der Waals surface area contributed by atoms with E-state index in [9.17, 15) is 0 Å². The third kappa shape index (κ3) is 3.76. The summed E-state index contributed by atoms with van der Waals surface area (Å²) in [5.41, 5.74) is 12.8. The number of nitrogens with one attached hydrogen (secondary N) is 1. The van der Waals surface area contributed by atoms with Gasteiger partial charge in [0.25, 0.3) is 0 Å². The van der Waals surface area contributed by atoms with Crippen LogP contribution in [0.3, 0.4) is 0 Å². The van der Waals surface area contributed by atoms with Gasteiger partial charge in [-0.2, -0.15) is 0 Å². The summed E-state index contributed by atoms with van der Waals surface area (Å²) in [6, 6.07) is 7.78. The van der Waals surface area contributed by atoms with Gasteiger partial charge in [0, 0.05) is 59.0 Å². The van der Waals surface area contributed by atoms with Crippen LogP contribution >= 0.6 is 11.3 Å². The van der Waals surface area contributed by atoms with Crippen molar-refractivity contribution < 1.29 is 0 Å². The van der Waals surface area contributed by atoms with Gasteiger partial charge in [-0.15, -0.1) is 11.3 Å². The van der Waals surface area contributed by atoms with E-state index in [4.69, 9.17) is 21.1 Å². The lowest BCUT2D eigenvalue weighted by Crippen LogP contribution is -2.30. The Balaban J connectivity index is 1.79. The second-order valence-electron chi connectivity index (χ2n) is 8.49. The number of nitrogens with zero attached hydrogens (tertiary/aromatic N) is 4. The van der Waals surface area contributed by atoms with Crippen LogP contribution in [-0.4, -0.2) is 34.3 Å². The fourth-order valence-electron chi connectivity index (χ4n) is 4.65. The molecule has 0 bridgehead atoms. The summed E-state index contributed by atoms with van der Waals surface area (Å²) in [6.07, 6.45) is 9.68. The first kappa shape index (κ1) is 21.5. The van der Waals surface area contributed by atoms with E-state index >= 15 is 0 Å². The number of thiophene rings is 1. The number of anilines is 2. The fourth-order valence-corrected chi connectivity index (χ4v) is 5.95. The Bertz CT molecular complexity index is 1340. The van der Waals surface area contributed by atoms with Gasteiger partial charge < -0.3 is 16.0 Å². The minimum Gasteiger partial charge on any atom is -0.398 e. The third-order valence-corrected chi connectivity index (χ3v) is 7.78. The second-order valence-corrected chi connectivity index (χ2v) is 9.51. The largest absolute Gasteiger partial charge is 0.398 e. The summed E-state index contributed by atoms with van der Waals surface area (Å²) < 4.78 is 1.12. The van der Waals surface area contributed by atoms with Crippen molar-refractivity contribution >= 4 is 39.3 Å². The zero-order valence-electron chi connectivity index (χ0n) is 19.1. The molecular formula is C26H28N6S. The molecule has 0 radical (unpaired) electrons. The Morgan fingerprint density at radius 1 is 1.12 bits per heavy atom. The van der Waals surface area contributed by atoms with Gasteiger partial charge in [-0.25, -0.2) is 9.97 Å². The number of hydrogen-bond acceptors (Lipinski definition) is 7. The van der Waals surface area contributed by atoms with E-state index in [1.165, 1.54) is 41.5 Å². The number of rotatable bonds is 5. The number of nitrogen functional groups attached to an aromatic ring is 1. The molecule has 3 N–H and O–H groups in total. The predicted octanol–water partition coefficient (Wildman–Crippen LogP) is 5.86. The van der Waals surface area contributed by atoms with E-state index in [0.29, 0.717) is 17.1 Å². The van der Waals surface area contributed by atoms with E-state index in [2.05, 4.69) is 29.8 Å². The smallest absolute Gasteiger partial charge is 0.162 e. The highest BCUT2D eigenvalue weighted by Gasteiger charge is 2.24. The Hall–Kier alpha value is -3.32. The maximum Gasteiger partial charge on any atom is 0.162 e. The van der Waals surface area contributed by atoms with Crippen LogP contribution in [0.4, 0.5) is 11.5 Å². The zero-order valence-corrected chi connectivity index (χ0v) is 19.9.